The zero-order chi connectivity index (χ0) is 13.8. The maximum atomic E-state index is 11.9. The Bertz CT molecular complexity index is 721. The van der Waals surface area contributed by atoms with Crippen LogP contribution in [0.2, 0.25) is 0 Å². The van der Waals surface area contributed by atoms with Crippen molar-refractivity contribution < 1.29 is 4.79 Å². The second kappa shape index (κ2) is 5.52. The Labute approximate surface area is 116 Å². The van der Waals surface area contributed by atoms with E-state index in [1.165, 1.54) is 0 Å². The summed E-state index contributed by atoms with van der Waals surface area (Å²) in [4.78, 5) is 23.1. The van der Waals surface area contributed by atoms with Gasteiger partial charge >= 0.3 is 0 Å². The number of nitrogens with one attached hydrogen (secondary N) is 2. The van der Waals surface area contributed by atoms with E-state index in [1.807, 2.05) is 18.3 Å². The molecule has 0 radical (unpaired) electrons. The minimum atomic E-state index is -0.0784. The summed E-state index contributed by atoms with van der Waals surface area (Å²) < 4.78 is 0. The van der Waals surface area contributed by atoms with Crippen molar-refractivity contribution >= 4 is 16.9 Å². The van der Waals surface area contributed by atoms with Gasteiger partial charge < -0.3 is 10.3 Å². The fourth-order valence-electron chi connectivity index (χ4n) is 2.14. The number of hydrogen-bond acceptors (Lipinski definition) is 3. The molecule has 0 spiro atoms. The minimum Gasteiger partial charge on any atom is -0.352 e. The van der Waals surface area contributed by atoms with Crippen molar-refractivity contribution in [3.8, 4) is 0 Å². The first-order valence-corrected chi connectivity index (χ1v) is 6.44. The number of hydrogen-bond donors (Lipinski definition) is 2. The molecule has 0 aromatic carbocycles. The molecule has 2 N–H and O–H groups in total. The SMILES string of the molecule is O=C(NCCc1c[nH]c2ncccc12)c1ccncc1. The largest absolute Gasteiger partial charge is 0.352 e. The van der Waals surface area contributed by atoms with Crippen molar-refractivity contribution in [3.05, 3.63) is 60.2 Å². The van der Waals surface area contributed by atoms with E-state index in [2.05, 4.69) is 20.3 Å². The number of carbonyl (C=O) groups is 1. The van der Waals surface area contributed by atoms with Crippen molar-refractivity contribution in [2.75, 3.05) is 6.54 Å². The maximum absolute atomic E-state index is 11.9. The van der Waals surface area contributed by atoms with Gasteiger partial charge in [-0.1, -0.05) is 0 Å². The molecule has 0 unspecified atom stereocenters. The van der Waals surface area contributed by atoms with Gasteiger partial charge in [0.15, 0.2) is 0 Å². The molecule has 3 aromatic rings. The van der Waals surface area contributed by atoms with Gasteiger partial charge in [0.25, 0.3) is 5.91 Å². The fourth-order valence-corrected chi connectivity index (χ4v) is 2.14. The Morgan fingerprint density at radius 2 is 2.05 bits per heavy atom. The highest BCUT2D eigenvalue weighted by atomic mass is 16.1. The van der Waals surface area contributed by atoms with Crippen LogP contribution in [0.4, 0.5) is 0 Å². The van der Waals surface area contributed by atoms with Gasteiger partial charge in [0.1, 0.15) is 5.65 Å². The van der Waals surface area contributed by atoms with Crippen LogP contribution >= 0.6 is 0 Å². The molecule has 0 atom stereocenters. The fraction of sp³-hybridized carbons (Fsp3) is 0.133. The van der Waals surface area contributed by atoms with Crippen molar-refractivity contribution in [2.45, 2.75) is 6.42 Å². The number of pyridine rings is 2. The van der Waals surface area contributed by atoms with Crippen LogP contribution in [0.1, 0.15) is 15.9 Å². The quantitative estimate of drug-likeness (QED) is 0.758. The standard InChI is InChI=1S/C15H14N4O/c20-15(11-3-7-16-8-4-11)18-9-5-12-10-19-14-13(12)2-1-6-17-14/h1-4,6-8,10H,5,9H2,(H,17,19)(H,18,20). The number of aromatic nitrogens is 3. The molecule has 3 heterocycles. The zero-order valence-electron chi connectivity index (χ0n) is 10.8. The van der Waals surface area contributed by atoms with E-state index in [1.54, 1.807) is 30.7 Å². The van der Waals surface area contributed by atoms with Crippen LogP contribution in [0.3, 0.4) is 0 Å². The summed E-state index contributed by atoms with van der Waals surface area (Å²) in [5.41, 5.74) is 2.66. The van der Waals surface area contributed by atoms with Crippen LogP contribution in [-0.2, 0) is 6.42 Å². The first-order chi connectivity index (χ1) is 9.84. The highest BCUT2D eigenvalue weighted by molar-refractivity contribution is 5.94. The summed E-state index contributed by atoms with van der Waals surface area (Å²) in [6, 6.07) is 7.34. The molecule has 20 heavy (non-hydrogen) atoms. The number of amides is 1. The highest BCUT2D eigenvalue weighted by Gasteiger charge is 2.06. The van der Waals surface area contributed by atoms with E-state index in [4.69, 9.17) is 0 Å². The molecule has 1 amide bonds. The lowest BCUT2D eigenvalue weighted by Crippen LogP contribution is -2.25. The number of aromatic amines is 1. The van der Waals surface area contributed by atoms with E-state index in [0.717, 1.165) is 23.0 Å². The number of rotatable bonds is 4. The first-order valence-electron chi connectivity index (χ1n) is 6.44. The first kappa shape index (κ1) is 12.3. The van der Waals surface area contributed by atoms with Gasteiger partial charge in [-0.05, 0) is 36.2 Å². The minimum absolute atomic E-state index is 0.0784. The van der Waals surface area contributed by atoms with Crippen molar-refractivity contribution in [2.24, 2.45) is 0 Å². The Hall–Kier alpha value is -2.69. The average Bonchev–Trinajstić information content (AvgIpc) is 2.92. The molecule has 0 saturated carbocycles. The lowest BCUT2D eigenvalue weighted by Gasteiger charge is -2.04. The molecule has 0 aliphatic carbocycles. The molecule has 0 bridgehead atoms. The third-order valence-electron chi connectivity index (χ3n) is 3.16. The van der Waals surface area contributed by atoms with Crippen LogP contribution < -0.4 is 5.32 Å². The van der Waals surface area contributed by atoms with Crippen LogP contribution in [0.25, 0.3) is 11.0 Å². The Kier molecular flexibility index (Phi) is 3.41. The molecule has 3 rings (SSSR count). The lowest BCUT2D eigenvalue weighted by molar-refractivity contribution is 0.0954. The average molecular weight is 266 g/mol. The number of nitrogens with zero attached hydrogens (tertiary/aromatic N) is 2. The normalized spacial score (nSPS) is 10.6. The topological polar surface area (TPSA) is 70.7 Å². The van der Waals surface area contributed by atoms with Gasteiger partial charge in [-0.25, -0.2) is 4.98 Å². The summed E-state index contributed by atoms with van der Waals surface area (Å²) in [7, 11) is 0. The highest BCUT2D eigenvalue weighted by Crippen LogP contribution is 2.15. The van der Waals surface area contributed by atoms with Gasteiger partial charge in [-0.3, -0.25) is 9.78 Å². The van der Waals surface area contributed by atoms with Crippen LogP contribution in [0.5, 0.6) is 0 Å². The Morgan fingerprint density at radius 1 is 1.20 bits per heavy atom. The number of fused-ring (bicyclic) bond motifs is 1. The van der Waals surface area contributed by atoms with Gasteiger partial charge in [-0.15, -0.1) is 0 Å². The third kappa shape index (κ3) is 2.51. The molecule has 0 aliphatic rings. The molecular formula is C15H14N4O. The molecular weight excluding hydrogens is 252 g/mol. The second-order valence-electron chi connectivity index (χ2n) is 4.46. The second-order valence-corrected chi connectivity index (χ2v) is 4.46. The molecule has 3 aromatic heterocycles. The van der Waals surface area contributed by atoms with Crippen LogP contribution in [0.15, 0.2) is 49.1 Å². The molecule has 0 saturated heterocycles. The van der Waals surface area contributed by atoms with E-state index >= 15 is 0 Å². The molecule has 0 fully saturated rings. The van der Waals surface area contributed by atoms with E-state index in [9.17, 15) is 4.79 Å². The maximum Gasteiger partial charge on any atom is 0.251 e. The van der Waals surface area contributed by atoms with Crippen molar-refractivity contribution in [1.29, 1.82) is 0 Å². The smallest absolute Gasteiger partial charge is 0.251 e. The summed E-state index contributed by atoms with van der Waals surface area (Å²) in [5, 5.41) is 4.00. The summed E-state index contributed by atoms with van der Waals surface area (Å²) >= 11 is 0. The molecule has 5 heteroatoms. The third-order valence-corrected chi connectivity index (χ3v) is 3.16. The molecule has 0 aliphatic heterocycles. The van der Waals surface area contributed by atoms with E-state index in [0.29, 0.717) is 12.1 Å². The molecule has 100 valence electrons. The number of carbonyl (C=O) groups excluding carboxylic acids is 1. The monoisotopic (exact) mass is 266 g/mol. The van der Waals surface area contributed by atoms with Gasteiger partial charge in [-0.2, -0.15) is 0 Å². The van der Waals surface area contributed by atoms with Gasteiger partial charge in [0, 0.05) is 42.3 Å². The summed E-state index contributed by atoms with van der Waals surface area (Å²) in [5.74, 6) is -0.0784. The van der Waals surface area contributed by atoms with Gasteiger partial charge in [0.2, 0.25) is 0 Å². The van der Waals surface area contributed by atoms with Crippen LogP contribution in [-0.4, -0.2) is 27.4 Å². The number of H-pyrrole nitrogens is 1. The summed E-state index contributed by atoms with van der Waals surface area (Å²) in [6.45, 7) is 0.586. The van der Waals surface area contributed by atoms with E-state index in [-0.39, 0.29) is 5.91 Å². The van der Waals surface area contributed by atoms with Crippen molar-refractivity contribution in [3.63, 3.8) is 0 Å². The lowest BCUT2D eigenvalue weighted by atomic mass is 10.1. The predicted octanol–water partition coefficient (Wildman–Crippen LogP) is 1.93. The predicted molar refractivity (Wildman–Crippen MR) is 76.4 cm³/mol. The Morgan fingerprint density at radius 3 is 2.90 bits per heavy atom. The van der Waals surface area contributed by atoms with Crippen LogP contribution in [0, 0.1) is 0 Å². The van der Waals surface area contributed by atoms with E-state index < -0.39 is 0 Å². The van der Waals surface area contributed by atoms with Crippen molar-refractivity contribution in [1.82, 2.24) is 20.3 Å². The Balaban J connectivity index is 1.62. The van der Waals surface area contributed by atoms with Gasteiger partial charge in [0.05, 0.1) is 0 Å². The molecule has 5 nitrogen and oxygen atoms in total. The summed E-state index contributed by atoms with van der Waals surface area (Å²) in [6.07, 6.45) is 7.69. The zero-order valence-corrected chi connectivity index (χ0v) is 10.8.